The average Bonchev–Trinajstić information content (AvgIpc) is 3.69. The summed E-state index contributed by atoms with van der Waals surface area (Å²) in [5.41, 5.74) is 5.01. The van der Waals surface area contributed by atoms with Crippen LogP contribution in [-0.2, 0) is 39.8 Å². The highest BCUT2D eigenvalue weighted by molar-refractivity contribution is 5.91. The summed E-state index contributed by atoms with van der Waals surface area (Å²) in [4.78, 5) is 26.8. The number of aliphatic hydroxyl groups is 1. The molecular formula is C45H61N3O8. The Hall–Kier alpha value is -4.00. The van der Waals surface area contributed by atoms with E-state index in [9.17, 15) is 14.7 Å². The Balaban J connectivity index is 1.25. The molecule has 1 aromatic heterocycles. The van der Waals surface area contributed by atoms with Gasteiger partial charge < -0.3 is 28.8 Å². The molecule has 5 rings (SSSR count). The number of benzene rings is 2. The number of allylic oxidation sites excluding steroid dienone is 3. The number of ether oxygens (including phenoxy) is 5. The standard InChI is InChI=1S/C45H61N3O8/c1-8-40-37(28-54-45-44(53-7)43(52-6)42(51)32(5)55-45)25-30(3)14-20-39(49)31(4)26-33(24-29(2)15-21-41(50)56-40)22-23-48-27-38(46-47-48)36-18-16-35(17-19-36)34-12-10-9-11-13-34/h9-14,16-20,25,27,29,31-33,37,40,42-45,51H,8,15,21-24,26,28H2,1-7H3/b20-14+,30-25+/t29-,31+,32?,33+,37+,40+,42+,43-,44?,45+/m0/s1. The molecule has 2 aliphatic rings. The van der Waals surface area contributed by atoms with Crippen LogP contribution in [0.5, 0.6) is 0 Å². The van der Waals surface area contributed by atoms with Crippen LogP contribution in [0.3, 0.4) is 0 Å². The smallest absolute Gasteiger partial charge is 0.306 e. The Morgan fingerprint density at radius 2 is 1.61 bits per heavy atom. The molecule has 0 spiro atoms. The Morgan fingerprint density at radius 3 is 2.30 bits per heavy atom. The number of methoxy groups -OCH3 is 2. The molecule has 2 aromatic carbocycles. The van der Waals surface area contributed by atoms with Gasteiger partial charge in [-0.3, -0.25) is 14.3 Å². The van der Waals surface area contributed by atoms with Crippen molar-refractivity contribution in [1.82, 2.24) is 15.0 Å². The lowest BCUT2D eigenvalue weighted by Crippen LogP contribution is -2.59. The molecule has 1 N–H and O–H groups in total. The van der Waals surface area contributed by atoms with Crippen molar-refractivity contribution in [2.24, 2.45) is 23.7 Å². The summed E-state index contributed by atoms with van der Waals surface area (Å²) in [7, 11) is 3.05. The number of hydrogen-bond acceptors (Lipinski definition) is 10. The molecule has 0 saturated carbocycles. The van der Waals surface area contributed by atoms with Crippen molar-refractivity contribution in [1.29, 1.82) is 0 Å². The number of aryl methyl sites for hydroxylation is 1. The number of carbonyl (C=O) groups excluding carboxylic acids is 2. The van der Waals surface area contributed by atoms with Gasteiger partial charge in [0.2, 0.25) is 0 Å². The lowest BCUT2D eigenvalue weighted by molar-refractivity contribution is -0.304. The van der Waals surface area contributed by atoms with Crippen LogP contribution < -0.4 is 0 Å². The normalized spacial score (nSPS) is 31.3. The molecule has 1 fully saturated rings. The second-order valence-electron chi connectivity index (χ2n) is 15.7. The van der Waals surface area contributed by atoms with Gasteiger partial charge in [0, 0.05) is 44.6 Å². The van der Waals surface area contributed by atoms with Crippen molar-refractivity contribution in [3.05, 3.63) is 84.6 Å². The Morgan fingerprint density at radius 1 is 0.911 bits per heavy atom. The third kappa shape index (κ3) is 11.8. The quantitative estimate of drug-likeness (QED) is 0.194. The van der Waals surface area contributed by atoms with E-state index in [0.29, 0.717) is 25.8 Å². The van der Waals surface area contributed by atoms with Gasteiger partial charge in [0.25, 0.3) is 0 Å². The first kappa shape index (κ1) is 43.1. The number of aromatic nitrogens is 3. The maximum Gasteiger partial charge on any atom is 0.306 e. The lowest BCUT2D eigenvalue weighted by atomic mass is 9.83. The van der Waals surface area contributed by atoms with Gasteiger partial charge in [0.1, 0.15) is 30.1 Å². The van der Waals surface area contributed by atoms with Crippen LogP contribution in [0.2, 0.25) is 0 Å². The third-order valence-electron chi connectivity index (χ3n) is 11.2. The van der Waals surface area contributed by atoms with E-state index in [1.165, 1.54) is 19.8 Å². The molecule has 2 unspecified atom stereocenters. The van der Waals surface area contributed by atoms with Crippen LogP contribution in [0.1, 0.15) is 73.1 Å². The topological polar surface area (TPSA) is 131 Å². The van der Waals surface area contributed by atoms with Gasteiger partial charge in [-0.25, -0.2) is 0 Å². The fourth-order valence-electron chi connectivity index (χ4n) is 7.90. The van der Waals surface area contributed by atoms with E-state index in [1.54, 1.807) is 13.0 Å². The summed E-state index contributed by atoms with van der Waals surface area (Å²) in [6.07, 6.45) is 7.50. The van der Waals surface area contributed by atoms with Crippen LogP contribution in [0.15, 0.2) is 84.6 Å². The fourth-order valence-corrected chi connectivity index (χ4v) is 7.90. The molecule has 1 saturated heterocycles. The number of carbonyl (C=O) groups is 2. The van der Waals surface area contributed by atoms with Crippen LogP contribution in [0.25, 0.3) is 22.4 Å². The minimum Gasteiger partial charge on any atom is -0.462 e. The van der Waals surface area contributed by atoms with E-state index in [1.807, 2.05) is 62.0 Å². The van der Waals surface area contributed by atoms with Gasteiger partial charge in [-0.15, -0.1) is 5.10 Å². The van der Waals surface area contributed by atoms with Gasteiger partial charge in [0.15, 0.2) is 12.1 Å². The van der Waals surface area contributed by atoms with Crippen molar-refractivity contribution in [3.63, 3.8) is 0 Å². The number of aliphatic hydroxyl groups excluding tert-OH is 1. The monoisotopic (exact) mass is 771 g/mol. The maximum atomic E-state index is 13.5. The largest absolute Gasteiger partial charge is 0.462 e. The first-order valence-corrected chi connectivity index (χ1v) is 20.2. The van der Waals surface area contributed by atoms with Gasteiger partial charge in [-0.1, -0.05) is 98.3 Å². The molecule has 11 heteroatoms. The molecule has 11 nitrogen and oxygen atoms in total. The predicted octanol–water partition coefficient (Wildman–Crippen LogP) is 7.63. The zero-order valence-electron chi connectivity index (χ0n) is 34.1. The second kappa shape index (κ2) is 21.0. The van der Waals surface area contributed by atoms with E-state index in [2.05, 4.69) is 53.6 Å². The van der Waals surface area contributed by atoms with Crippen molar-refractivity contribution in [2.45, 2.75) is 116 Å². The zero-order valence-corrected chi connectivity index (χ0v) is 34.1. The molecule has 2 aliphatic heterocycles. The third-order valence-corrected chi connectivity index (χ3v) is 11.2. The molecule has 0 amide bonds. The summed E-state index contributed by atoms with van der Waals surface area (Å²) in [5, 5.41) is 19.5. The number of cyclic esters (lactones) is 1. The minimum absolute atomic E-state index is 0.0763. The van der Waals surface area contributed by atoms with E-state index < -0.39 is 36.8 Å². The summed E-state index contributed by atoms with van der Waals surface area (Å²) < 4.78 is 31.5. The maximum absolute atomic E-state index is 13.5. The fraction of sp³-hybridized carbons (Fsp3) is 0.556. The molecule has 0 radical (unpaired) electrons. The SMILES string of the molecule is CC[C@H]1OC(=O)CC[C@H](C)C[C@@H](CCn2cc(-c3ccc(-c4ccccc4)cc3)nn2)C[C@@H](C)C(=O)/C=C/C(C)=C/[C@@H]1CO[C@@H]1OC(C)[C@@H](O)[C@H](OC)C1OC. The first-order valence-electron chi connectivity index (χ1n) is 20.2. The van der Waals surface area contributed by atoms with E-state index >= 15 is 0 Å². The molecule has 56 heavy (non-hydrogen) atoms. The van der Waals surface area contributed by atoms with Crippen molar-refractivity contribution < 1.29 is 38.4 Å². The van der Waals surface area contributed by atoms with Crippen LogP contribution >= 0.6 is 0 Å². The molecular weight excluding hydrogens is 711 g/mol. The number of hydrogen-bond donors (Lipinski definition) is 1. The van der Waals surface area contributed by atoms with Crippen LogP contribution in [0.4, 0.5) is 0 Å². The molecule has 0 bridgehead atoms. The minimum atomic E-state index is -0.876. The number of ketones is 1. The highest BCUT2D eigenvalue weighted by Gasteiger charge is 2.45. The highest BCUT2D eigenvalue weighted by atomic mass is 16.7. The van der Waals surface area contributed by atoms with Gasteiger partial charge in [-0.05, 0) is 75.0 Å². The molecule has 3 heterocycles. The van der Waals surface area contributed by atoms with Crippen molar-refractivity contribution in [3.8, 4) is 22.4 Å². The molecule has 304 valence electrons. The van der Waals surface area contributed by atoms with Crippen LogP contribution in [-0.4, -0.2) is 89.5 Å². The zero-order chi connectivity index (χ0) is 40.2. The van der Waals surface area contributed by atoms with E-state index in [-0.39, 0.29) is 42.0 Å². The number of rotatable bonds is 11. The first-order chi connectivity index (χ1) is 27.0. The summed E-state index contributed by atoms with van der Waals surface area (Å²) in [6, 6.07) is 18.7. The summed E-state index contributed by atoms with van der Waals surface area (Å²) in [6.45, 7) is 10.7. The van der Waals surface area contributed by atoms with E-state index in [0.717, 1.165) is 41.7 Å². The molecule has 3 aromatic rings. The lowest BCUT2D eigenvalue weighted by Gasteiger charge is -2.42. The number of esters is 1. The van der Waals surface area contributed by atoms with Crippen molar-refractivity contribution in [2.75, 3.05) is 20.8 Å². The van der Waals surface area contributed by atoms with Gasteiger partial charge >= 0.3 is 5.97 Å². The molecule has 10 atom stereocenters. The Labute approximate surface area is 332 Å². The van der Waals surface area contributed by atoms with Crippen molar-refractivity contribution >= 4 is 11.8 Å². The van der Waals surface area contributed by atoms with E-state index in [4.69, 9.17) is 23.7 Å². The molecule has 0 aliphatic carbocycles. The van der Waals surface area contributed by atoms with Crippen LogP contribution in [0, 0.1) is 23.7 Å². The average molecular weight is 772 g/mol. The Kier molecular flexibility index (Phi) is 16.1. The van der Waals surface area contributed by atoms with Gasteiger partial charge in [-0.2, -0.15) is 0 Å². The Bertz CT molecular complexity index is 1740. The summed E-state index contributed by atoms with van der Waals surface area (Å²) in [5.74, 6) is -0.172. The van der Waals surface area contributed by atoms with Gasteiger partial charge in [0.05, 0.1) is 18.9 Å². The predicted molar refractivity (Wildman–Crippen MR) is 215 cm³/mol. The summed E-state index contributed by atoms with van der Waals surface area (Å²) >= 11 is 0. The highest BCUT2D eigenvalue weighted by Crippen LogP contribution is 2.30. The number of nitrogens with zero attached hydrogens (tertiary/aromatic N) is 3. The second-order valence-corrected chi connectivity index (χ2v) is 15.7.